The summed E-state index contributed by atoms with van der Waals surface area (Å²) in [5.74, 6) is 0.869. The van der Waals surface area contributed by atoms with Gasteiger partial charge in [0.05, 0.1) is 18.3 Å². The number of fused-ring (bicyclic) bond motifs is 1. The molecular weight excluding hydrogens is 325 g/mol. The minimum absolute atomic E-state index is 0.343. The van der Waals surface area contributed by atoms with E-state index in [9.17, 15) is 0 Å². The zero-order valence-corrected chi connectivity index (χ0v) is 16.6. The molecule has 0 spiro atoms. The van der Waals surface area contributed by atoms with E-state index < -0.39 is 0 Å². The van der Waals surface area contributed by atoms with E-state index in [1.807, 2.05) is 19.2 Å². The van der Waals surface area contributed by atoms with E-state index in [1.54, 1.807) is 7.11 Å². The van der Waals surface area contributed by atoms with E-state index >= 15 is 0 Å². The predicted molar refractivity (Wildman–Crippen MR) is 108 cm³/mol. The summed E-state index contributed by atoms with van der Waals surface area (Å²) in [5, 5.41) is 5.56. The molecule has 0 atom stereocenters. The normalized spacial score (nSPS) is 19.2. The van der Waals surface area contributed by atoms with Gasteiger partial charge in [0.1, 0.15) is 5.75 Å². The van der Waals surface area contributed by atoms with Crippen LogP contribution in [0, 0.1) is 0 Å². The van der Waals surface area contributed by atoms with Crippen LogP contribution in [0.1, 0.15) is 33.3 Å². The largest absolute Gasteiger partial charge is 0.497 e. The third kappa shape index (κ3) is 3.66. The number of ether oxygens (including phenoxy) is 1. The number of methoxy groups -OCH3 is 1. The number of hydrogen-bond donors (Lipinski definition) is 1. The van der Waals surface area contributed by atoms with Crippen molar-refractivity contribution in [2.24, 2.45) is 0 Å². The van der Waals surface area contributed by atoms with Gasteiger partial charge >= 0.3 is 7.12 Å². The molecule has 1 aliphatic rings. The zero-order valence-electron chi connectivity index (χ0n) is 16.6. The summed E-state index contributed by atoms with van der Waals surface area (Å²) in [4.78, 5) is 0. The Balaban J connectivity index is 1.93. The van der Waals surface area contributed by atoms with Gasteiger partial charge in [-0.05, 0) is 74.8 Å². The van der Waals surface area contributed by atoms with E-state index in [0.717, 1.165) is 22.2 Å². The zero-order chi connectivity index (χ0) is 18.9. The Morgan fingerprint density at radius 2 is 1.65 bits per heavy atom. The lowest BCUT2D eigenvalue weighted by molar-refractivity contribution is 0.00578. The topological polar surface area (TPSA) is 39.7 Å². The summed E-state index contributed by atoms with van der Waals surface area (Å²) in [5.41, 5.74) is 1.52. The van der Waals surface area contributed by atoms with Crippen LogP contribution in [0.4, 0.5) is 0 Å². The summed E-state index contributed by atoms with van der Waals surface area (Å²) >= 11 is 0. The third-order valence-electron chi connectivity index (χ3n) is 5.36. The molecule has 0 amide bonds. The molecular formula is C21H28BNO3. The fourth-order valence-electron chi connectivity index (χ4n) is 3.07. The van der Waals surface area contributed by atoms with Crippen LogP contribution < -0.4 is 10.1 Å². The van der Waals surface area contributed by atoms with Crippen molar-refractivity contribution in [2.45, 2.75) is 38.9 Å². The minimum atomic E-state index is -0.348. The quantitative estimate of drug-likeness (QED) is 0.823. The second kappa shape index (κ2) is 7.07. The van der Waals surface area contributed by atoms with Gasteiger partial charge in [-0.3, -0.25) is 0 Å². The first-order chi connectivity index (χ1) is 12.3. The summed E-state index contributed by atoms with van der Waals surface area (Å²) in [7, 11) is 3.28. The van der Waals surface area contributed by atoms with Crippen molar-refractivity contribution >= 4 is 24.0 Å². The number of rotatable bonds is 5. The van der Waals surface area contributed by atoms with Crippen LogP contribution >= 0.6 is 0 Å². The first kappa shape index (κ1) is 19.0. The van der Waals surface area contributed by atoms with Crippen LogP contribution in [0.15, 0.2) is 41.9 Å². The van der Waals surface area contributed by atoms with Crippen LogP contribution in [-0.4, -0.2) is 39.0 Å². The van der Waals surface area contributed by atoms with Crippen molar-refractivity contribution in [3.8, 4) is 5.75 Å². The summed E-state index contributed by atoms with van der Waals surface area (Å²) < 4.78 is 17.7. The lowest BCUT2D eigenvalue weighted by Gasteiger charge is -2.32. The van der Waals surface area contributed by atoms with Crippen molar-refractivity contribution < 1.29 is 14.0 Å². The van der Waals surface area contributed by atoms with Gasteiger partial charge in [0.15, 0.2) is 0 Å². The molecule has 2 aromatic rings. The second-order valence-corrected chi connectivity index (χ2v) is 7.81. The molecule has 26 heavy (non-hydrogen) atoms. The lowest BCUT2D eigenvalue weighted by atomic mass is 9.77. The molecule has 4 nitrogen and oxygen atoms in total. The first-order valence-electron chi connectivity index (χ1n) is 9.04. The molecule has 0 saturated carbocycles. The highest BCUT2D eigenvalue weighted by atomic mass is 16.7. The standard InChI is InChI=1S/C21H28BNO3/c1-20(2)21(3,4)26-22(25-20)18(14-23-5)12-15-7-8-17-13-19(24-6)10-9-16(17)11-15/h7-13,23H,14H2,1-6H3. The molecule has 0 unspecified atom stereocenters. The van der Waals surface area contributed by atoms with Crippen molar-refractivity contribution in [2.75, 3.05) is 20.7 Å². The highest BCUT2D eigenvalue weighted by Gasteiger charge is 2.52. The van der Waals surface area contributed by atoms with Gasteiger partial charge < -0.3 is 19.4 Å². The fraction of sp³-hybridized carbons (Fsp3) is 0.429. The van der Waals surface area contributed by atoms with Crippen LogP contribution in [0.25, 0.3) is 16.8 Å². The third-order valence-corrected chi connectivity index (χ3v) is 5.36. The maximum absolute atomic E-state index is 6.22. The van der Waals surface area contributed by atoms with E-state index in [4.69, 9.17) is 14.0 Å². The van der Waals surface area contributed by atoms with Crippen LogP contribution in [0.2, 0.25) is 0 Å². The van der Waals surface area contributed by atoms with E-state index in [1.165, 1.54) is 5.39 Å². The average molecular weight is 353 g/mol. The summed E-state index contributed by atoms with van der Waals surface area (Å²) in [6.45, 7) is 9.01. The Kier molecular flexibility index (Phi) is 5.15. The number of likely N-dealkylation sites (N-methyl/N-ethyl adjacent to an activating group) is 1. The lowest BCUT2D eigenvalue weighted by Crippen LogP contribution is -2.41. The van der Waals surface area contributed by atoms with Gasteiger partial charge in [0.2, 0.25) is 0 Å². The molecule has 0 radical (unpaired) electrons. The molecule has 1 aliphatic heterocycles. The molecule has 0 aliphatic carbocycles. The SMILES string of the molecule is CNCC(=Cc1ccc2cc(OC)ccc2c1)B1OC(C)(C)C(C)(C)O1. The molecule has 1 saturated heterocycles. The molecule has 3 rings (SSSR count). The smallest absolute Gasteiger partial charge is 0.491 e. The van der Waals surface area contributed by atoms with Crippen molar-refractivity contribution in [1.82, 2.24) is 5.32 Å². The Morgan fingerprint density at radius 3 is 2.27 bits per heavy atom. The van der Waals surface area contributed by atoms with Crippen LogP contribution in [-0.2, 0) is 9.31 Å². The molecule has 2 aromatic carbocycles. The molecule has 5 heteroatoms. The van der Waals surface area contributed by atoms with Gasteiger partial charge in [0, 0.05) is 6.54 Å². The summed E-state index contributed by atoms with van der Waals surface area (Å²) in [6.07, 6.45) is 2.16. The van der Waals surface area contributed by atoms with Crippen molar-refractivity contribution in [1.29, 1.82) is 0 Å². The van der Waals surface area contributed by atoms with E-state index in [2.05, 4.69) is 63.4 Å². The van der Waals surface area contributed by atoms with Gasteiger partial charge in [-0.1, -0.05) is 24.3 Å². The van der Waals surface area contributed by atoms with E-state index in [-0.39, 0.29) is 18.3 Å². The Morgan fingerprint density at radius 1 is 1.04 bits per heavy atom. The summed E-state index contributed by atoms with van der Waals surface area (Å²) in [6, 6.07) is 12.5. The van der Waals surface area contributed by atoms with Gasteiger partial charge in [-0.25, -0.2) is 0 Å². The van der Waals surface area contributed by atoms with Gasteiger partial charge in [-0.2, -0.15) is 0 Å². The molecule has 138 valence electrons. The van der Waals surface area contributed by atoms with Crippen molar-refractivity contribution in [3.05, 3.63) is 47.4 Å². The minimum Gasteiger partial charge on any atom is -0.497 e. The Labute approximate surface area is 156 Å². The van der Waals surface area contributed by atoms with Crippen LogP contribution in [0.5, 0.6) is 5.75 Å². The number of benzene rings is 2. The Hall–Kier alpha value is -1.82. The molecule has 1 heterocycles. The molecule has 1 N–H and O–H groups in total. The molecule has 1 fully saturated rings. The Bertz CT molecular complexity index is 813. The second-order valence-electron chi connectivity index (χ2n) is 7.81. The molecule has 0 bridgehead atoms. The fourth-order valence-corrected chi connectivity index (χ4v) is 3.07. The first-order valence-corrected chi connectivity index (χ1v) is 9.04. The van der Waals surface area contributed by atoms with Gasteiger partial charge in [0.25, 0.3) is 0 Å². The molecule has 0 aromatic heterocycles. The maximum Gasteiger partial charge on any atom is 0.491 e. The van der Waals surface area contributed by atoms with E-state index in [0.29, 0.717) is 6.54 Å². The van der Waals surface area contributed by atoms with Gasteiger partial charge in [-0.15, -0.1) is 0 Å². The van der Waals surface area contributed by atoms with Crippen LogP contribution in [0.3, 0.4) is 0 Å². The average Bonchev–Trinajstić information content (AvgIpc) is 2.81. The maximum atomic E-state index is 6.22. The monoisotopic (exact) mass is 353 g/mol. The highest BCUT2D eigenvalue weighted by Crippen LogP contribution is 2.38. The predicted octanol–water partition coefficient (Wildman–Crippen LogP) is 4.08. The number of nitrogens with one attached hydrogen (secondary N) is 1. The number of hydrogen-bond acceptors (Lipinski definition) is 4. The van der Waals surface area contributed by atoms with Crippen molar-refractivity contribution in [3.63, 3.8) is 0 Å². The highest BCUT2D eigenvalue weighted by molar-refractivity contribution is 6.55.